The highest BCUT2D eigenvalue weighted by Crippen LogP contribution is 2.38. The Bertz CT molecular complexity index is 1910. The molecule has 0 saturated carbocycles. The van der Waals surface area contributed by atoms with E-state index in [0.29, 0.717) is 42.8 Å². The van der Waals surface area contributed by atoms with Crippen LogP contribution >= 0.6 is 0 Å². The number of carbonyl (C=O) groups excluding carboxylic acids is 1. The van der Waals surface area contributed by atoms with Crippen molar-refractivity contribution in [3.63, 3.8) is 0 Å². The number of amides is 1. The molecular formula is C33H30N2O5. The minimum atomic E-state index is -0.410. The molecule has 3 aromatic heterocycles. The number of furan rings is 1. The molecule has 2 aliphatic heterocycles. The summed E-state index contributed by atoms with van der Waals surface area (Å²) in [6, 6.07) is 19.3. The van der Waals surface area contributed by atoms with Gasteiger partial charge in [0.1, 0.15) is 16.9 Å². The molecule has 2 aromatic carbocycles. The number of nitrogens with zero attached hydrogens (tertiary/aromatic N) is 2. The Hall–Kier alpha value is -4.39. The van der Waals surface area contributed by atoms with E-state index in [4.69, 9.17) is 8.83 Å². The summed E-state index contributed by atoms with van der Waals surface area (Å²) in [5.74, 6) is 1.27. The molecule has 2 atom stereocenters. The minimum Gasteiger partial charge on any atom is -0.461 e. The fourth-order valence-electron chi connectivity index (χ4n) is 6.84. The number of aromatic nitrogens is 1. The summed E-state index contributed by atoms with van der Waals surface area (Å²) < 4.78 is 13.7. The second kappa shape index (κ2) is 9.37. The summed E-state index contributed by atoms with van der Waals surface area (Å²) in [6.45, 7) is 5.76. The van der Waals surface area contributed by atoms with Gasteiger partial charge in [-0.1, -0.05) is 36.4 Å². The molecule has 5 heterocycles. The van der Waals surface area contributed by atoms with Crippen LogP contribution in [0.25, 0.3) is 33.1 Å². The van der Waals surface area contributed by atoms with E-state index in [9.17, 15) is 14.4 Å². The van der Waals surface area contributed by atoms with Gasteiger partial charge in [-0.05, 0) is 55.9 Å². The number of pyridine rings is 1. The summed E-state index contributed by atoms with van der Waals surface area (Å²) in [7, 11) is 0. The molecule has 0 radical (unpaired) electrons. The fourth-order valence-corrected chi connectivity index (χ4v) is 6.84. The molecule has 40 heavy (non-hydrogen) atoms. The normalized spacial score (nSPS) is 18.3. The lowest BCUT2D eigenvalue weighted by atomic mass is 9.83. The first kappa shape index (κ1) is 24.6. The van der Waals surface area contributed by atoms with Gasteiger partial charge in [-0.15, -0.1) is 0 Å². The van der Waals surface area contributed by atoms with Crippen LogP contribution < -0.4 is 11.2 Å². The van der Waals surface area contributed by atoms with E-state index in [0.717, 1.165) is 45.3 Å². The zero-order valence-corrected chi connectivity index (χ0v) is 22.6. The average Bonchev–Trinajstić information content (AvgIpc) is 3.27. The number of piperidine rings is 1. The Balaban J connectivity index is 1.17. The minimum absolute atomic E-state index is 0.0317. The zero-order chi connectivity index (χ0) is 27.5. The first-order valence-corrected chi connectivity index (χ1v) is 13.9. The van der Waals surface area contributed by atoms with Crippen molar-refractivity contribution in [1.82, 2.24) is 9.47 Å². The quantitative estimate of drug-likeness (QED) is 0.282. The molecule has 0 N–H and O–H groups in total. The highest BCUT2D eigenvalue weighted by atomic mass is 16.4. The van der Waals surface area contributed by atoms with E-state index >= 15 is 0 Å². The molecule has 202 valence electrons. The smallest absolute Gasteiger partial charge is 0.339 e. The van der Waals surface area contributed by atoms with Gasteiger partial charge in [0.2, 0.25) is 5.91 Å². The molecule has 2 aliphatic rings. The average molecular weight is 535 g/mol. The lowest BCUT2D eigenvalue weighted by Gasteiger charge is -2.42. The first-order valence-electron chi connectivity index (χ1n) is 13.9. The van der Waals surface area contributed by atoms with Crippen molar-refractivity contribution in [2.75, 3.05) is 13.1 Å². The van der Waals surface area contributed by atoms with E-state index in [-0.39, 0.29) is 29.7 Å². The number of carbonyl (C=O) groups is 1. The predicted octanol–water partition coefficient (Wildman–Crippen LogP) is 5.56. The summed E-state index contributed by atoms with van der Waals surface area (Å²) >= 11 is 0. The summed E-state index contributed by atoms with van der Waals surface area (Å²) in [6.07, 6.45) is 1.55. The van der Waals surface area contributed by atoms with Crippen molar-refractivity contribution in [3.05, 3.63) is 104 Å². The van der Waals surface area contributed by atoms with Crippen molar-refractivity contribution in [3.8, 4) is 11.1 Å². The Morgan fingerprint density at radius 1 is 0.900 bits per heavy atom. The monoisotopic (exact) mass is 534 g/mol. The van der Waals surface area contributed by atoms with Crippen LogP contribution in [0, 0.1) is 19.8 Å². The van der Waals surface area contributed by atoms with Gasteiger partial charge in [-0.3, -0.25) is 9.59 Å². The molecule has 7 heteroatoms. The van der Waals surface area contributed by atoms with Crippen LogP contribution in [0.4, 0.5) is 0 Å². The highest BCUT2D eigenvalue weighted by Gasteiger charge is 2.36. The van der Waals surface area contributed by atoms with Gasteiger partial charge < -0.3 is 18.3 Å². The molecule has 7 nitrogen and oxygen atoms in total. The predicted molar refractivity (Wildman–Crippen MR) is 154 cm³/mol. The SMILES string of the molecule is Cc1oc2cc3oc(=O)c(CCC(=O)N4C[C@@H]5C[C@H](C4)c4cccc(=O)n4C5)c(C)c3cc2c1-c1ccccc1. The summed E-state index contributed by atoms with van der Waals surface area (Å²) in [5.41, 5.74) is 5.26. The van der Waals surface area contributed by atoms with Gasteiger partial charge in [0.25, 0.3) is 5.56 Å². The summed E-state index contributed by atoms with van der Waals surface area (Å²) in [4.78, 5) is 40.7. The van der Waals surface area contributed by atoms with Crippen LogP contribution in [0.15, 0.2) is 79.1 Å². The van der Waals surface area contributed by atoms with Crippen LogP contribution in [-0.4, -0.2) is 28.5 Å². The van der Waals surface area contributed by atoms with Gasteiger partial charge in [-0.2, -0.15) is 0 Å². The molecular weight excluding hydrogens is 504 g/mol. The number of rotatable bonds is 4. The van der Waals surface area contributed by atoms with E-state index in [1.54, 1.807) is 18.2 Å². The topological polar surface area (TPSA) is 85.7 Å². The van der Waals surface area contributed by atoms with Crippen LogP contribution in [0.5, 0.6) is 0 Å². The Labute approximate surface area is 230 Å². The van der Waals surface area contributed by atoms with E-state index in [1.807, 2.05) is 53.6 Å². The number of hydrogen-bond acceptors (Lipinski definition) is 5. The molecule has 1 fully saturated rings. The summed E-state index contributed by atoms with van der Waals surface area (Å²) in [5, 5.41) is 1.82. The number of fused-ring (bicyclic) bond motifs is 6. The molecule has 1 saturated heterocycles. The Kier molecular flexibility index (Phi) is 5.77. The van der Waals surface area contributed by atoms with E-state index in [1.165, 1.54) is 0 Å². The maximum atomic E-state index is 13.4. The van der Waals surface area contributed by atoms with Crippen LogP contribution in [0.1, 0.15) is 41.3 Å². The van der Waals surface area contributed by atoms with Crippen LogP contribution in [-0.2, 0) is 17.8 Å². The third-order valence-corrected chi connectivity index (χ3v) is 8.76. The lowest BCUT2D eigenvalue weighted by Crippen LogP contribution is -2.49. The van der Waals surface area contributed by atoms with Gasteiger partial charge in [0, 0.05) is 71.7 Å². The van der Waals surface area contributed by atoms with Crippen molar-refractivity contribution >= 4 is 27.8 Å². The number of hydrogen-bond donors (Lipinski definition) is 0. The van der Waals surface area contributed by atoms with Gasteiger partial charge >= 0.3 is 5.63 Å². The lowest BCUT2D eigenvalue weighted by molar-refractivity contribution is -0.133. The zero-order valence-electron chi connectivity index (χ0n) is 22.6. The van der Waals surface area contributed by atoms with Crippen LogP contribution in [0.2, 0.25) is 0 Å². The van der Waals surface area contributed by atoms with E-state index < -0.39 is 5.63 Å². The fraction of sp³-hybridized carbons (Fsp3) is 0.303. The third kappa shape index (κ3) is 3.99. The number of likely N-dealkylation sites (tertiary alicyclic amines) is 1. The first-order chi connectivity index (χ1) is 19.4. The van der Waals surface area contributed by atoms with Crippen LogP contribution in [0.3, 0.4) is 0 Å². The molecule has 2 bridgehead atoms. The standard InChI is InChI=1S/C33H30N2O5/c1-19-24(11-12-30(36)34-16-21-13-23(18-34)27-9-6-10-31(37)35(27)17-21)33(38)40-28-15-29-26(14-25(19)28)32(20(2)39-29)22-7-4-3-5-8-22/h3-10,14-15,21,23H,11-13,16-18H2,1-2H3/t21-,23+/m0/s1. The second-order valence-electron chi connectivity index (χ2n) is 11.2. The van der Waals surface area contributed by atoms with E-state index in [2.05, 4.69) is 12.1 Å². The van der Waals surface area contributed by atoms with Gasteiger partial charge in [0.05, 0.1) is 0 Å². The molecule has 7 rings (SSSR count). The maximum Gasteiger partial charge on any atom is 0.339 e. The second-order valence-corrected chi connectivity index (χ2v) is 11.2. The molecule has 0 spiro atoms. The molecule has 0 aliphatic carbocycles. The largest absolute Gasteiger partial charge is 0.461 e. The van der Waals surface area contributed by atoms with Gasteiger partial charge in [-0.25, -0.2) is 4.79 Å². The third-order valence-electron chi connectivity index (χ3n) is 8.76. The van der Waals surface area contributed by atoms with Crippen molar-refractivity contribution < 1.29 is 13.6 Å². The molecule has 1 amide bonds. The Morgan fingerprint density at radius 2 is 1.70 bits per heavy atom. The van der Waals surface area contributed by atoms with Gasteiger partial charge in [0.15, 0.2) is 0 Å². The number of aryl methyl sites for hydroxylation is 2. The maximum absolute atomic E-state index is 13.4. The van der Waals surface area contributed by atoms with Crippen molar-refractivity contribution in [2.45, 2.75) is 45.6 Å². The molecule has 0 unspecified atom stereocenters. The Morgan fingerprint density at radius 3 is 2.52 bits per heavy atom. The number of benzene rings is 2. The van der Waals surface area contributed by atoms with Crippen molar-refractivity contribution in [2.24, 2.45) is 5.92 Å². The highest BCUT2D eigenvalue weighted by molar-refractivity contribution is 6.03. The van der Waals surface area contributed by atoms with Crippen molar-refractivity contribution in [1.29, 1.82) is 0 Å². The molecule has 5 aromatic rings.